The molecule has 0 saturated heterocycles. The molecule has 0 bridgehead atoms. The van der Waals surface area contributed by atoms with E-state index in [0.717, 1.165) is 0 Å². The molecule has 0 spiro atoms. The summed E-state index contributed by atoms with van der Waals surface area (Å²) in [6.07, 6.45) is 0. The first-order chi connectivity index (χ1) is 13.7. The van der Waals surface area contributed by atoms with Crippen molar-refractivity contribution in [2.45, 2.75) is 43.6 Å². The lowest BCUT2D eigenvalue weighted by Gasteiger charge is -2.23. The Morgan fingerprint density at radius 3 is 2.48 bits per heavy atom. The summed E-state index contributed by atoms with van der Waals surface area (Å²) in [5.41, 5.74) is 0.634. The molecule has 3 aromatic rings. The second-order valence-corrected chi connectivity index (χ2v) is 9.03. The van der Waals surface area contributed by atoms with E-state index in [1.165, 1.54) is 16.3 Å². The van der Waals surface area contributed by atoms with Gasteiger partial charge >= 0.3 is 0 Å². The van der Waals surface area contributed by atoms with Gasteiger partial charge in [0, 0.05) is 5.54 Å². The third-order valence-corrected chi connectivity index (χ3v) is 5.27. The molecule has 1 atom stereocenters. The molecule has 29 heavy (non-hydrogen) atoms. The molecule has 6 nitrogen and oxygen atoms in total. The maximum atomic E-state index is 13.4. The number of methoxy groups -OCH3 is 1. The van der Waals surface area contributed by atoms with Crippen molar-refractivity contribution in [2.75, 3.05) is 7.11 Å². The van der Waals surface area contributed by atoms with E-state index in [2.05, 4.69) is 5.32 Å². The van der Waals surface area contributed by atoms with Crippen LogP contribution in [0.4, 0.5) is 0 Å². The minimum Gasteiger partial charge on any atom is -0.495 e. The molecule has 0 radical (unpaired) electrons. The molecule has 0 aliphatic carbocycles. The summed E-state index contributed by atoms with van der Waals surface area (Å²) in [7, 11) is 1.56. The standard InChI is InChI=1S/C22H25N3O3S/c1-14(19(26)24-22(2,3)4)29-21-23-16-11-7-6-10-15(16)20(27)25(21)17-12-8-9-13-18(17)28-5/h6-14H,1-5H3,(H,24,26)/t14-/m0/s1. The van der Waals surface area contributed by atoms with Gasteiger partial charge in [-0.15, -0.1) is 0 Å². The van der Waals surface area contributed by atoms with Gasteiger partial charge in [-0.05, 0) is 52.0 Å². The number of fused-ring (bicyclic) bond motifs is 1. The minimum atomic E-state index is -0.441. The van der Waals surface area contributed by atoms with Crippen LogP contribution >= 0.6 is 11.8 Å². The van der Waals surface area contributed by atoms with Crippen molar-refractivity contribution < 1.29 is 9.53 Å². The molecule has 1 N–H and O–H groups in total. The van der Waals surface area contributed by atoms with Crippen LogP contribution in [-0.4, -0.2) is 33.4 Å². The summed E-state index contributed by atoms with van der Waals surface area (Å²) in [6.45, 7) is 7.60. The predicted octanol–water partition coefficient (Wildman–Crippen LogP) is 3.79. The number of thioether (sulfide) groups is 1. The summed E-state index contributed by atoms with van der Waals surface area (Å²) >= 11 is 1.25. The second kappa shape index (κ2) is 8.29. The highest BCUT2D eigenvalue weighted by molar-refractivity contribution is 8.00. The first-order valence-corrected chi connectivity index (χ1v) is 10.2. The maximum Gasteiger partial charge on any atom is 0.266 e. The van der Waals surface area contributed by atoms with Crippen LogP contribution in [0.2, 0.25) is 0 Å². The molecule has 1 aromatic heterocycles. The Morgan fingerprint density at radius 2 is 1.79 bits per heavy atom. The van der Waals surface area contributed by atoms with Crippen molar-refractivity contribution in [1.29, 1.82) is 0 Å². The number of nitrogens with zero attached hydrogens (tertiary/aromatic N) is 2. The van der Waals surface area contributed by atoms with Crippen LogP contribution in [0.1, 0.15) is 27.7 Å². The van der Waals surface area contributed by atoms with Gasteiger partial charge in [0.05, 0.1) is 29.0 Å². The van der Waals surface area contributed by atoms with E-state index in [0.29, 0.717) is 27.5 Å². The monoisotopic (exact) mass is 411 g/mol. The Hall–Kier alpha value is -2.80. The molecule has 1 amide bonds. The Labute approximate surface area is 174 Å². The molecule has 152 valence electrons. The Balaban J connectivity index is 2.15. The Bertz CT molecular complexity index is 1100. The number of nitrogens with one attached hydrogen (secondary N) is 1. The van der Waals surface area contributed by atoms with E-state index in [9.17, 15) is 9.59 Å². The van der Waals surface area contributed by atoms with Crippen molar-refractivity contribution in [1.82, 2.24) is 14.9 Å². The van der Waals surface area contributed by atoms with Crippen molar-refractivity contribution in [3.63, 3.8) is 0 Å². The van der Waals surface area contributed by atoms with Gasteiger partial charge in [-0.3, -0.25) is 14.2 Å². The molecule has 1 heterocycles. The van der Waals surface area contributed by atoms with Gasteiger partial charge in [0.25, 0.3) is 5.56 Å². The normalized spacial score (nSPS) is 12.6. The van der Waals surface area contributed by atoms with Gasteiger partial charge < -0.3 is 10.1 Å². The number of aromatic nitrogens is 2. The molecule has 3 rings (SSSR count). The van der Waals surface area contributed by atoms with Crippen LogP contribution in [-0.2, 0) is 4.79 Å². The van der Waals surface area contributed by atoms with Gasteiger partial charge in [-0.2, -0.15) is 0 Å². The Kier molecular flexibility index (Phi) is 5.98. The summed E-state index contributed by atoms with van der Waals surface area (Å²) < 4.78 is 6.98. The van der Waals surface area contributed by atoms with Crippen LogP contribution in [0.15, 0.2) is 58.5 Å². The fraction of sp³-hybridized carbons (Fsp3) is 0.318. The summed E-state index contributed by atoms with van der Waals surface area (Å²) in [5, 5.41) is 3.48. The SMILES string of the molecule is COc1ccccc1-n1c(S[C@@H](C)C(=O)NC(C)(C)C)nc2ccccc2c1=O. The van der Waals surface area contributed by atoms with Gasteiger partial charge in [-0.25, -0.2) is 4.98 Å². The number of carbonyl (C=O) groups excluding carboxylic acids is 1. The maximum absolute atomic E-state index is 13.4. The van der Waals surface area contributed by atoms with Crippen LogP contribution in [0, 0.1) is 0 Å². The Morgan fingerprint density at radius 1 is 1.14 bits per heavy atom. The molecule has 0 unspecified atom stereocenters. The van der Waals surface area contributed by atoms with Crippen molar-refractivity contribution in [3.8, 4) is 11.4 Å². The summed E-state index contributed by atoms with van der Waals surface area (Å²) in [4.78, 5) is 30.7. The fourth-order valence-electron chi connectivity index (χ4n) is 2.90. The van der Waals surface area contributed by atoms with Crippen molar-refractivity contribution in [2.24, 2.45) is 0 Å². The number of ether oxygens (including phenoxy) is 1. The first-order valence-electron chi connectivity index (χ1n) is 9.35. The van der Waals surface area contributed by atoms with E-state index in [4.69, 9.17) is 9.72 Å². The number of carbonyl (C=O) groups is 1. The summed E-state index contributed by atoms with van der Waals surface area (Å²) in [6, 6.07) is 14.5. The average Bonchev–Trinajstić information content (AvgIpc) is 2.67. The average molecular weight is 412 g/mol. The highest BCUT2D eigenvalue weighted by atomic mass is 32.2. The van der Waals surface area contributed by atoms with Crippen LogP contribution < -0.4 is 15.6 Å². The van der Waals surface area contributed by atoms with Gasteiger partial charge in [0.15, 0.2) is 5.16 Å². The number of hydrogen-bond acceptors (Lipinski definition) is 5. The highest BCUT2D eigenvalue weighted by Gasteiger charge is 2.24. The van der Waals surface area contributed by atoms with Crippen molar-refractivity contribution >= 4 is 28.6 Å². The molecule has 0 aliphatic heterocycles. The van der Waals surface area contributed by atoms with Crippen molar-refractivity contribution in [3.05, 3.63) is 58.9 Å². The third-order valence-electron chi connectivity index (χ3n) is 4.22. The van der Waals surface area contributed by atoms with Crippen LogP contribution in [0.3, 0.4) is 0 Å². The first kappa shape index (κ1) is 20.9. The minimum absolute atomic E-state index is 0.114. The van der Waals surface area contributed by atoms with E-state index in [1.807, 2.05) is 45.0 Å². The fourth-order valence-corrected chi connectivity index (χ4v) is 3.82. The van der Waals surface area contributed by atoms with Crippen LogP contribution in [0.25, 0.3) is 16.6 Å². The largest absolute Gasteiger partial charge is 0.495 e. The third kappa shape index (κ3) is 4.62. The number of benzene rings is 2. The topological polar surface area (TPSA) is 73.2 Å². The number of hydrogen-bond donors (Lipinski definition) is 1. The lowest BCUT2D eigenvalue weighted by molar-refractivity contribution is -0.121. The molecule has 0 fully saturated rings. The quantitative estimate of drug-likeness (QED) is 0.511. The highest BCUT2D eigenvalue weighted by Crippen LogP contribution is 2.29. The number of amides is 1. The molecule has 7 heteroatoms. The smallest absolute Gasteiger partial charge is 0.266 e. The van der Waals surface area contributed by atoms with E-state index in [-0.39, 0.29) is 17.0 Å². The zero-order chi connectivity index (χ0) is 21.2. The van der Waals surface area contributed by atoms with Crippen LogP contribution in [0.5, 0.6) is 5.75 Å². The second-order valence-electron chi connectivity index (χ2n) is 7.72. The predicted molar refractivity (Wildman–Crippen MR) is 117 cm³/mol. The van der Waals surface area contributed by atoms with E-state index < -0.39 is 5.25 Å². The molecule has 0 saturated carbocycles. The molecule has 2 aromatic carbocycles. The number of para-hydroxylation sites is 3. The van der Waals surface area contributed by atoms with E-state index in [1.54, 1.807) is 38.3 Å². The molecular formula is C22H25N3O3S. The summed E-state index contributed by atoms with van der Waals surface area (Å²) in [5.74, 6) is 0.441. The lowest BCUT2D eigenvalue weighted by atomic mass is 10.1. The number of rotatable bonds is 5. The zero-order valence-electron chi connectivity index (χ0n) is 17.2. The molecule has 0 aliphatic rings. The van der Waals surface area contributed by atoms with E-state index >= 15 is 0 Å². The van der Waals surface area contributed by atoms with Gasteiger partial charge in [-0.1, -0.05) is 36.0 Å². The van der Waals surface area contributed by atoms with Gasteiger partial charge in [0.1, 0.15) is 5.75 Å². The zero-order valence-corrected chi connectivity index (χ0v) is 18.0. The molecular weight excluding hydrogens is 386 g/mol. The van der Waals surface area contributed by atoms with Gasteiger partial charge in [0.2, 0.25) is 5.91 Å². The lowest BCUT2D eigenvalue weighted by Crippen LogP contribution is -2.44.